The second-order valence-electron chi connectivity index (χ2n) is 3.62. The third-order valence-electron chi connectivity index (χ3n) is 2.25. The van der Waals surface area contributed by atoms with Gasteiger partial charge in [0.05, 0.1) is 22.8 Å². The molecule has 0 unspecified atom stereocenters. The number of nitrogens with one attached hydrogen (secondary N) is 1. The van der Waals surface area contributed by atoms with Crippen LogP contribution in [0.25, 0.3) is 10.9 Å². The molecule has 0 saturated carbocycles. The van der Waals surface area contributed by atoms with E-state index in [0.717, 1.165) is 11.2 Å². The topological polar surface area (TPSA) is 63.6 Å². The Morgan fingerprint density at radius 2 is 2.21 bits per heavy atom. The molecule has 0 aliphatic rings. The molecule has 0 aliphatic heterocycles. The Hall–Kier alpha value is -1.65. The number of hydrogen-bond acceptors (Lipinski definition) is 3. The van der Waals surface area contributed by atoms with Crippen LogP contribution >= 0.6 is 0 Å². The summed E-state index contributed by atoms with van der Waals surface area (Å²) in [5.41, 5.74) is 1.51. The zero-order valence-corrected chi connectivity index (χ0v) is 8.40. The van der Waals surface area contributed by atoms with Crippen molar-refractivity contribution in [3.05, 3.63) is 22.2 Å². The van der Waals surface area contributed by atoms with E-state index >= 15 is 0 Å². The molecule has 0 aliphatic carbocycles. The van der Waals surface area contributed by atoms with Crippen LogP contribution in [0.2, 0.25) is 0 Å². The Labute approximate surface area is 80.7 Å². The second kappa shape index (κ2) is 2.94. The van der Waals surface area contributed by atoms with Crippen LogP contribution in [0.15, 0.2) is 11.0 Å². The molecule has 5 heteroatoms. The summed E-state index contributed by atoms with van der Waals surface area (Å²) < 4.78 is 1.69. The Bertz CT molecular complexity index is 523. The van der Waals surface area contributed by atoms with Crippen molar-refractivity contribution in [2.45, 2.75) is 19.8 Å². The minimum absolute atomic E-state index is 0.183. The van der Waals surface area contributed by atoms with E-state index < -0.39 is 0 Å². The third kappa shape index (κ3) is 1.13. The fraction of sp³-hybridized carbons (Fsp3) is 0.444. The molecular formula is C9H12N4O. The first-order valence-electron chi connectivity index (χ1n) is 4.51. The summed E-state index contributed by atoms with van der Waals surface area (Å²) in [6.45, 7) is 4.07. The van der Waals surface area contributed by atoms with Gasteiger partial charge in [0.15, 0.2) is 0 Å². The average Bonchev–Trinajstić information content (AvgIpc) is 2.50. The molecule has 2 heterocycles. The van der Waals surface area contributed by atoms with Gasteiger partial charge in [0.1, 0.15) is 0 Å². The summed E-state index contributed by atoms with van der Waals surface area (Å²) in [5.74, 6) is 0.268. The first-order chi connectivity index (χ1) is 6.61. The van der Waals surface area contributed by atoms with E-state index in [9.17, 15) is 4.79 Å². The molecule has 5 nitrogen and oxygen atoms in total. The molecule has 0 atom stereocenters. The van der Waals surface area contributed by atoms with Crippen LogP contribution in [0, 0.1) is 0 Å². The highest BCUT2D eigenvalue weighted by molar-refractivity contribution is 5.79. The molecular weight excluding hydrogens is 180 g/mol. The number of nitrogens with zero attached hydrogens (tertiary/aromatic N) is 3. The Morgan fingerprint density at radius 3 is 2.86 bits per heavy atom. The maximum absolute atomic E-state index is 11.4. The van der Waals surface area contributed by atoms with Gasteiger partial charge < -0.3 is 0 Å². The molecule has 0 bridgehead atoms. The smallest absolute Gasteiger partial charge is 0.267 e. The van der Waals surface area contributed by atoms with Gasteiger partial charge in [-0.25, -0.2) is 5.10 Å². The molecule has 0 aromatic carbocycles. The van der Waals surface area contributed by atoms with E-state index in [1.54, 1.807) is 10.9 Å². The Morgan fingerprint density at radius 1 is 1.50 bits per heavy atom. The van der Waals surface area contributed by atoms with E-state index in [1.165, 1.54) is 0 Å². The molecule has 2 aromatic heterocycles. The number of rotatable bonds is 1. The normalized spacial score (nSPS) is 11.4. The van der Waals surface area contributed by atoms with Gasteiger partial charge in [-0.05, 0) is 5.92 Å². The van der Waals surface area contributed by atoms with Gasteiger partial charge in [-0.15, -0.1) is 0 Å². The lowest BCUT2D eigenvalue weighted by Gasteiger charge is -2.05. The molecule has 0 saturated heterocycles. The molecule has 14 heavy (non-hydrogen) atoms. The Kier molecular flexibility index (Phi) is 1.87. The van der Waals surface area contributed by atoms with Crippen molar-refractivity contribution in [1.29, 1.82) is 0 Å². The fourth-order valence-electron chi connectivity index (χ4n) is 1.53. The first kappa shape index (κ1) is 8.93. The van der Waals surface area contributed by atoms with E-state index in [0.29, 0.717) is 5.39 Å². The Balaban J connectivity index is 2.92. The van der Waals surface area contributed by atoms with Crippen LogP contribution in [0.5, 0.6) is 0 Å². The van der Waals surface area contributed by atoms with E-state index in [4.69, 9.17) is 0 Å². The van der Waals surface area contributed by atoms with Gasteiger partial charge in [0.2, 0.25) is 0 Å². The number of hydrogen-bond donors (Lipinski definition) is 1. The molecule has 2 rings (SSSR count). The van der Waals surface area contributed by atoms with Crippen molar-refractivity contribution < 1.29 is 0 Å². The number of H-pyrrole nitrogens is 1. The van der Waals surface area contributed by atoms with Gasteiger partial charge in [0.25, 0.3) is 5.56 Å². The predicted octanol–water partition coefficient (Wildman–Crippen LogP) is 0.780. The van der Waals surface area contributed by atoms with E-state index in [1.807, 2.05) is 20.9 Å². The highest BCUT2D eigenvalue weighted by atomic mass is 16.1. The average molecular weight is 192 g/mol. The lowest BCUT2D eigenvalue weighted by Crippen LogP contribution is -2.12. The van der Waals surface area contributed by atoms with Crippen molar-refractivity contribution in [2.75, 3.05) is 0 Å². The van der Waals surface area contributed by atoms with Crippen molar-refractivity contribution >= 4 is 10.9 Å². The van der Waals surface area contributed by atoms with Crippen LogP contribution in [-0.2, 0) is 7.05 Å². The van der Waals surface area contributed by atoms with Crippen LogP contribution in [0.1, 0.15) is 25.5 Å². The van der Waals surface area contributed by atoms with E-state index in [2.05, 4.69) is 15.3 Å². The molecule has 0 fully saturated rings. The van der Waals surface area contributed by atoms with Gasteiger partial charge in [-0.2, -0.15) is 10.2 Å². The molecule has 1 N–H and O–H groups in total. The molecule has 0 radical (unpaired) electrons. The van der Waals surface area contributed by atoms with Crippen molar-refractivity contribution in [2.24, 2.45) is 7.05 Å². The SMILES string of the molecule is CC(C)c1n[nH]c(=O)c2cnn(C)c12. The number of aromatic nitrogens is 4. The highest BCUT2D eigenvalue weighted by Gasteiger charge is 2.13. The largest absolute Gasteiger partial charge is 0.275 e. The summed E-state index contributed by atoms with van der Waals surface area (Å²) in [4.78, 5) is 11.4. The van der Waals surface area contributed by atoms with Crippen LogP contribution in [-0.4, -0.2) is 20.0 Å². The molecule has 0 spiro atoms. The third-order valence-corrected chi connectivity index (χ3v) is 2.25. The van der Waals surface area contributed by atoms with Crippen molar-refractivity contribution in [3.8, 4) is 0 Å². The zero-order chi connectivity index (χ0) is 10.3. The standard InChI is InChI=1S/C9H12N4O/c1-5(2)7-8-6(4-10-13(8)3)9(14)12-11-7/h4-5H,1-3H3,(H,12,14). The van der Waals surface area contributed by atoms with Gasteiger partial charge in [-0.3, -0.25) is 9.48 Å². The van der Waals surface area contributed by atoms with Gasteiger partial charge >= 0.3 is 0 Å². The maximum Gasteiger partial charge on any atom is 0.275 e. The number of aromatic amines is 1. The monoisotopic (exact) mass is 192 g/mol. The van der Waals surface area contributed by atoms with Gasteiger partial charge in [-0.1, -0.05) is 13.8 Å². The molecule has 2 aromatic rings. The van der Waals surface area contributed by atoms with Gasteiger partial charge in [0, 0.05) is 7.05 Å². The van der Waals surface area contributed by atoms with E-state index in [-0.39, 0.29) is 11.5 Å². The minimum atomic E-state index is -0.183. The first-order valence-corrected chi connectivity index (χ1v) is 4.51. The quantitative estimate of drug-likeness (QED) is 0.726. The zero-order valence-electron chi connectivity index (χ0n) is 8.40. The predicted molar refractivity (Wildman–Crippen MR) is 53.2 cm³/mol. The van der Waals surface area contributed by atoms with Crippen molar-refractivity contribution in [3.63, 3.8) is 0 Å². The summed E-state index contributed by atoms with van der Waals surface area (Å²) in [6, 6.07) is 0. The lowest BCUT2D eigenvalue weighted by molar-refractivity contribution is 0.749. The lowest BCUT2D eigenvalue weighted by atomic mass is 10.1. The maximum atomic E-state index is 11.4. The fourth-order valence-corrected chi connectivity index (χ4v) is 1.53. The molecule has 74 valence electrons. The molecule has 0 amide bonds. The van der Waals surface area contributed by atoms with Crippen LogP contribution in [0.3, 0.4) is 0 Å². The summed E-state index contributed by atoms with van der Waals surface area (Å²) in [5, 5.41) is 11.2. The van der Waals surface area contributed by atoms with Crippen molar-refractivity contribution in [1.82, 2.24) is 20.0 Å². The summed E-state index contributed by atoms with van der Waals surface area (Å²) >= 11 is 0. The number of aryl methyl sites for hydroxylation is 1. The summed E-state index contributed by atoms with van der Waals surface area (Å²) in [6.07, 6.45) is 1.57. The van der Waals surface area contributed by atoms with Crippen LogP contribution in [0.4, 0.5) is 0 Å². The minimum Gasteiger partial charge on any atom is -0.267 e. The highest BCUT2D eigenvalue weighted by Crippen LogP contribution is 2.18. The summed E-state index contributed by atoms with van der Waals surface area (Å²) in [7, 11) is 1.81. The number of fused-ring (bicyclic) bond motifs is 1. The second-order valence-corrected chi connectivity index (χ2v) is 3.62. The van der Waals surface area contributed by atoms with Crippen LogP contribution < -0.4 is 5.56 Å².